The molecular formula is C13H18N2O4. The standard InChI is InChI=1S/C13H18N2O4/c1-7-9(8(2)14-10(7)12(17)18)11(16)15-13(3)4-5-19-6-13/h14H,4-6H2,1-3H3,(H,15,16)(H,17,18). The predicted octanol–water partition coefficient (Wildman–Crippen LogP) is 1.24. The molecule has 0 aliphatic carbocycles. The quantitative estimate of drug-likeness (QED) is 0.767. The highest BCUT2D eigenvalue weighted by atomic mass is 16.5. The average molecular weight is 266 g/mol. The Labute approximate surface area is 111 Å². The summed E-state index contributed by atoms with van der Waals surface area (Å²) in [5, 5.41) is 12.0. The Hall–Kier alpha value is -1.82. The van der Waals surface area contributed by atoms with Crippen molar-refractivity contribution in [2.24, 2.45) is 0 Å². The number of carbonyl (C=O) groups is 2. The van der Waals surface area contributed by atoms with Gasteiger partial charge in [0.25, 0.3) is 5.91 Å². The second kappa shape index (κ2) is 4.70. The van der Waals surface area contributed by atoms with Crippen molar-refractivity contribution >= 4 is 11.9 Å². The van der Waals surface area contributed by atoms with E-state index in [1.165, 1.54) is 0 Å². The lowest BCUT2D eigenvalue weighted by atomic mass is 10.0. The Morgan fingerprint density at radius 3 is 2.58 bits per heavy atom. The lowest BCUT2D eigenvalue weighted by molar-refractivity contribution is 0.0690. The van der Waals surface area contributed by atoms with Crippen molar-refractivity contribution in [2.45, 2.75) is 32.7 Å². The van der Waals surface area contributed by atoms with Crippen molar-refractivity contribution in [1.82, 2.24) is 10.3 Å². The van der Waals surface area contributed by atoms with Gasteiger partial charge in [-0.3, -0.25) is 4.79 Å². The van der Waals surface area contributed by atoms with Crippen LogP contribution in [0, 0.1) is 13.8 Å². The van der Waals surface area contributed by atoms with Crippen molar-refractivity contribution in [3.05, 3.63) is 22.5 Å². The van der Waals surface area contributed by atoms with Crippen molar-refractivity contribution in [1.29, 1.82) is 0 Å². The Balaban J connectivity index is 2.26. The third-order valence-electron chi connectivity index (χ3n) is 3.51. The maximum atomic E-state index is 12.3. The number of rotatable bonds is 3. The van der Waals surface area contributed by atoms with Crippen LogP contribution in [-0.2, 0) is 4.74 Å². The molecule has 6 heteroatoms. The van der Waals surface area contributed by atoms with Gasteiger partial charge in [-0.25, -0.2) is 4.79 Å². The van der Waals surface area contributed by atoms with E-state index in [0.717, 1.165) is 6.42 Å². The van der Waals surface area contributed by atoms with Gasteiger partial charge in [0, 0.05) is 12.3 Å². The second-order valence-electron chi connectivity index (χ2n) is 5.25. The van der Waals surface area contributed by atoms with Crippen LogP contribution in [0.25, 0.3) is 0 Å². The van der Waals surface area contributed by atoms with Crippen molar-refractivity contribution < 1.29 is 19.4 Å². The first-order valence-corrected chi connectivity index (χ1v) is 6.17. The first-order chi connectivity index (χ1) is 8.84. The van der Waals surface area contributed by atoms with Gasteiger partial charge in [-0.15, -0.1) is 0 Å². The molecule has 2 rings (SSSR count). The molecule has 0 spiro atoms. The lowest BCUT2D eigenvalue weighted by Crippen LogP contribution is -2.46. The topological polar surface area (TPSA) is 91.4 Å². The summed E-state index contributed by atoms with van der Waals surface area (Å²) in [5.74, 6) is -1.32. The van der Waals surface area contributed by atoms with Gasteiger partial charge in [0.1, 0.15) is 5.69 Å². The first kappa shape index (κ1) is 13.6. The summed E-state index contributed by atoms with van der Waals surface area (Å²) in [4.78, 5) is 26.1. The molecule has 1 aliphatic rings. The number of aromatic nitrogens is 1. The number of hydrogen-bond donors (Lipinski definition) is 3. The number of aromatic carboxylic acids is 1. The third-order valence-corrected chi connectivity index (χ3v) is 3.51. The van der Waals surface area contributed by atoms with E-state index in [0.29, 0.717) is 30.0 Å². The minimum atomic E-state index is -1.06. The second-order valence-corrected chi connectivity index (χ2v) is 5.25. The molecule has 0 aromatic carbocycles. The molecule has 1 aliphatic heterocycles. The van der Waals surface area contributed by atoms with Gasteiger partial charge in [-0.2, -0.15) is 0 Å². The summed E-state index contributed by atoms with van der Waals surface area (Å²) in [6.07, 6.45) is 0.757. The number of aryl methyl sites for hydroxylation is 1. The molecule has 1 amide bonds. The molecule has 1 saturated heterocycles. The minimum Gasteiger partial charge on any atom is -0.477 e. The molecule has 0 saturated carbocycles. The van der Waals surface area contributed by atoms with E-state index in [-0.39, 0.29) is 17.1 Å². The van der Waals surface area contributed by atoms with Gasteiger partial charge in [-0.05, 0) is 32.8 Å². The molecule has 19 heavy (non-hydrogen) atoms. The number of amides is 1. The zero-order valence-corrected chi connectivity index (χ0v) is 11.3. The Morgan fingerprint density at radius 1 is 1.42 bits per heavy atom. The molecule has 6 nitrogen and oxygen atoms in total. The fraction of sp³-hybridized carbons (Fsp3) is 0.538. The maximum Gasteiger partial charge on any atom is 0.352 e. The zero-order chi connectivity index (χ0) is 14.2. The normalized spacial score (nSPS) is 22.5. The number of carboxylic acids is 1. The molecule has 1 aromatic rings. The highest BCUT2D eigenvalue weighted by Crippen LogP contribution is 2.22. The van der Waals surface area contributed by atoms with E-state index < -0.39 is 5.97 Å². The summed E-state index contributed by atoms with van der Waals surface area (Å²) in [7, 11) is 0. The van der Waals surface area contributed by atoms with Crippen LogP contribution >= 0.6 is 0 Å². The molecule has 1 unspecified atom stereocenters. The predicted molar refractivity (Wildman–Crippen MR) is 68.5 cm³/mol. The number of H-pyrrole nitrogens is 1. The van der Waals surface area contributed by atoms with Crippen molar-refractivity contribution in [3.8, 4) is 0 Å². The van der Waals surface area contributed by atoms with E-state index in [4.69, 9.17) is 9.84 Å². The van der Waals surface area contributed by atoms with Gasteiger partial charge in [0.2, 0.25) is 0 Å². The summed E-state index contributed by atoms with van der Waals surface area (Å²) in [5.41, 5.74) is 1.12. The molecule has 0 bridgehead atoms. The molecule has 1 atom stereocenters. The molecule has 1 fully saturated rings. The Morgan fingerprint density at radius 2 is 2.11 bits per heavy atom. The molecule has 104 valence electrons. The average Bonchev–Trinajstić information content (AvgIpc) is 2.83. The lowest BCUT2D eigenvalue weighted by Gasteiger charge is -2.23. The largest absolute Gasteiger partial charge is 0.477 e. The number of ether oxygens (including phenoxy) is 1. The Kier molecular flexibility index (Phi) is 3.36. The van der Waals surface area contributed by atoms with Crippen molar-refractivity contribution in [3.63, 3.8) is 0 Å². The molecule has 2 heterocycles. The summed E-state index contributed by atoms with van der Waals surface area (Å²) in [6.45, 7) is 6.36. The van der Waals surface area contributed by atoms with Crippen molar-refractivity contribution in [2.75, 3.05) is 13.2 Å². The number of aromatic amines is 1. The third kappa shape index (κ3) is 2.49. The van der Waals surface area contributed by atoms with Crippen LogP contribution < -0.4 is 5.32 Å². The highest BCUT2D eigenvalue weighted by molar-refractivity contribution is 6.01. The first-order valence-electron chi connectivity index (χ1n) is 6.17. The number of hydrogen-bond acceptors (Lipinski definition) is 3. The van der Waals surface area contributed by atoms with E-state index in [2.05, 4.69) is 10.3 Å². The monoisotopic (exact) mass is 266 g/mol. The molecule has 3 N–H and O–H groups in total. The highest BCUT2D eigenvalue weighted by Gasteiger charge is 2.33. The molecular weight excluding hydrogens is 248 g/mol. The molecule has 1 aromatic heterocycles. The van der Waals surface area contributed by atoms with Crippen LogP contribution in [0.2, 0.25) is 0 Å². The van der Waals surface area contributed by atoms with Crippen LogP contribution in [0.1, 0.15) is 45.4 Å². The SMILES string of the molecule is Cc1[nH]c(C(=O)O)c(C)c1C(=O)NC1(C)CCOC1. The van der Waals surface area contributed by atoms with E-state index in [1.807, 2.05) is 6.92 Å². The summed E-state index contributed by atoms with van der Waals surface area (Å²) in [6, 6.07) is 0. The van der Waals surface area contributed by atoms with Crippen LogP contribution in [0.3, 0.4) is 0 Å². The van der Waals surface area contributed by atoms with E-state index in [1.54, 1.807) is 13.8 Å². The minimum absolute atomic E-state index is 0.0653. The Bertz CT molecular complexity index is 527. The maximum absolute atomic E-state index is 12.3. The smallest absolute Gasteiger partial charge is 0.352 e. The van der Waals surface area contributed by atoms with Crippen LogP contribution in [0.5, 0.6) is 0 Å². The van der Waals surface area contributed by atoms with Gasteiger partial charge in [0.05, 0.1) is 17.7 Å². The molecule has 0 radical (unpaired) electrons. The van der Waals surface area contributed by atoms with Crippen LogP contribution in [0.4, 0.5) is 0 Å². The van der Waals surface area contributed by atoms with Gasteiger partial charge >= 0.3 is 5.97 Å². The summed E-state index contributed by atoms with van der Waals surface area (Å²) < 4.78 is 5.28. The zero-order valence-electron chi connectivity index (χ0n) is 11.3. The van der Waals surface area contributed by atoms with Crippen LogP contribution in [0.15, 0.2) is 0 Å². The van der Waals surface area contributed by atoms with Gasteiger partial charge in [0.15, 0.2) is 0 Å². The number of nitrogens with one attached hydrogen (secondary N) is 2. The van der Waals surface area contributed by atoms with E-state index in [9.17, 15) is 9.59 Å². The fourth-order valence-corrected chi connectivity index (χ4v) is 2.41. The number of carboxylic acid groups (broad SMARTS) is 1. The fourth-order valence-electron chi connectivity index (χ4n) is 2.41. The van der Waals surface area contributed by atoms with Crippen LogP contribution in [-0.4, -0.2) is 40.7 Å². The van der Waals surface area contributed by atoms with Gasteiger partial charge in [-0.1, -0.05) is 0 Å². The number of carbonyl (C=O) groups excluding carboxylic acids is 1. The summed E-state index contributed by atoms with van der Waals surface area (Å²) >= 11 is 0. The van der Waals surface area contributed by atoms with Gasteiger partial charge < -0.3 is 20.1 Å². The van der Waals surface area contributed by atoms with E-state index >= 15 is 0 Å².